The zero-order valence-electron chi connectivity index (χ0n) is 14.1. The molecule has 0 radical (unpaired) electrons. The van der Waals surface area contributed by atoms with Gasteiger partial charge in [-0.3, -0.25) is 9.59 Å². The van der Waals surface area contributed by atoms with E-state index in [0.29, 0.717) is 12.8 Å². The van der Waals surface area contributed by atoms with Gasteiger partial charge in [-0.1, -0.05) is 37.0 Å². The minimum absolute atomic E-state index is 0.0772. The molecule has 0 saturated heterocycles. The van der Waals surface area contributed by atoms with Crippen molar-refractivity contribution in [2.45, 2.75) is 64.8 Å². The molecule has 0 aliphatic heterocycles. The molecule has 2 fully saturated rings. The first-order valence-electron chi connectivity index (χ1n) is 8.71. The number of benzene rings is 1. The van der Waals surface area contributed by atoms with Gasteiger partial charge in [0, 0.05) is 11.7 Å². The second-order valence-corrected chi connectivity index (χ2v) is 7.16. The predicted molar refractivity (Wildman–Crippen MR) is 91.2 cm³/mol. The molecule has 0 spiro atoms. The fourth-order valence-corrected chi connectivity index (χ4v) is 3.45. The van der Waals surface area contributed by atoms with E-state index in [4.69, 9.17) is 0 Å². The average molecular weight is 314 g/mol. The van der Waals surface area contributed by atoms with Crippen molar-refractivity contribution in [3.63, 3.8) is 0 Å². The summed E-state index contributed by atoms with van der Waals surface area (Å²) in [5.74, 6) is -0.232. The first-order chi connectivity index (χ1) is 11.0. The van der Waals surface area contributed by atoms with Crippen LogP contribution in [-0.2, 0) is 9.59 Å². The summed E-state index contributed by atoms with van der Waals surface area (Å²) >= 11 is 0. The van der Waals surface area contributed by atoms with Gasteiger partial charge in [0.15, 0.2) is 0 Å². The molecule has 0 aromatic heterocycles. The smallest absolute Gasteiger partial charge is 0.240 e. The summed E-state index contributed by atoms with van der Waals surface area (Å²) in [6.45, 7) is 4.00. The third-order valence-electron chi connectivity index (χ3n) is 5.19. The first kappa shape index (κ1) is 16.0. The lowest BCUT2D eigenvalue weighted by atomic mass is 9.94. The van der Waals surface area contributed by atoms with Crippen molar-refractivity contribution in [3.05, 3.63) is 29.3 Å². The lowest BCUT2D eigenvalue weighted by Crippen LogP contribution is -2.45. The summed E-state index contributed by atoms with van der Waals surface area (Å²) in [5, 5.41) is 6.07. The zero-order chi connectivity index (χ0) is 16.4. The van der Waals surface area contributed by atoms with Crippen LogP contribution in [0.2, 0.25) is 0 Å². The van der Waals surface area contributed by atoms with E-state index < -0.39 is 5.41 Å². The highest BCUT2D eigenvalue weighted by molar-refractivity contribution is 6.13. The third-order valence-corrected chi connectivity index (χ3v) is 5.19. The number of amides is 2. The van der Waals surface area contributed by atoms with Crippen LogP contribution in [0.1, 0.15) is 56.1 Å². The Kier molecular flexibility index (Phi) is 4.42. The van der Waals surface area contributed by atoms with Gasteiger partial charge in [-0.15, -0.1) is 0 Å². The molecule has 2 saturated carbocycles. The molecule has 2 aliphatic carbocycles. The molecule has 0 heterocycles. The van der Waals surface area contributed by atoms with Crippen LogP contribution in [0.4, 0.5) is 5.69 Å². The lowest BCUT2D eigenvalue weighted by Gasteiger charge is -2.25. The number of rotatable bonds is 4. The largest absolute Gasteiger partial charge is 0.352 e. The number of carbonyl (C=O) groups excluding carboxylic acids is 2. The fourth-order valence-electron chi connectivity index (χ4n) is 3.45. The summed E-state index contributed by atoms with van der Waals surface area (Å²) in [7, 11) is 0. The molecule has 23 heavy (non-hydrogen) atoms. The van der Waals surface area contributed by atoms with Crippen LogP contribution in [0.3, 0.4) is 0 Å². The molecule has 2 N–H and O–H groups in total. The number of hydrogen-bond acceptors (Lipinski definition) is 2. The minimum Gasteiger partial charge on any atom is -0.352 e. The number of anilines is 1. The molecular formula is C19H26N2O2. The Morgan fingerprint density at radius 3 is 2.35 bits per heavy atom. The number of aryl methyl sites for hydroxylation is 2. The quantitative estimate of drug-likeness (QED) is 0.836. The highest BCUT2D eigenvalue weighted by atomic mass is 16.2. The Morgan fingerprint density at radius 1 is 1.04 bits per heavy atom. The summed E-state index contributed by atoms with van der Waals surface area (Å²) < 4.78 is 0. The number of nitrogens with one attached hydrogen (secondary N) is 2. The molecule has 4 nitrogen and oxygen atoms in total. The highest BCUT2D eigenvalue weighted by Gasteiger charge is 2.56. The van der Waals surface area contributed by atoms with Gasteiger partial charge < -0.3 is 10.6 Å². The SMILES string of the molecule is Cc1ccc(NC(=O)C2(C(=O)NC3CCCCC3)CC2)c(C)c1. The van der Waals surface area contributed by atoms with E-state index in [0.717, 1.165) is 29.7 Å². The molecule has 3 rings (SSSR count). The summed E-state index contributed by atoms with van der Waals surface area (Å²) in [6.07, 6.45) is 7.00. The third kappa shape index (κ3) is 3.41. The standard InChI is InChI=1S/C19H26N2O2/c1-13-8-9-16(14(2)12-13)21-18(23)19(10-11-19)17(22)20-15-6-4-3-5-7-15/h8-9,12,15H,3-7,10-11H2,1-2H3,(H,20,22)(H,21,23). The van der Waals surface area contributed by atoms with Gasteiger partial charge in [0.2, 0.25) is 11.8 Å². The molecule has 124 valence electrons. The van der Waals surface area contributed by atoms with Crippen LogP contribution >= 0.6 is 0 Å². The van der Waals surface area contributed by atoms with Crippen LogP contribution < -0.4 is 10.6 Å². The molecule has 1 aromatic carbocycles. The monoisotopic (exact) mass is 314 g/mol. The lowest BCUT2D eigenvalue weighted by molar-refractivity contribution is -0.135. The topological polar surface area (TPSA) is 58.2 Å². The van der Waals surface area contributed by atoms with Gasteiger partial charge in [-0.05, 0) is 51.2 Å². The van der Waals surface area contributed by atoms with Gasteiger partial charge in [0.25, 0.3) is 0 Å². The zero-order valence-corrected chi connectivity index (χ0v) is 14.1. The molecule has 2 amide bonds. The van der Waals surface area contributed by atoms with Crippen molar-refractivity contribution in [3.8, 4) is 0 Å². The van der Waals surface area contributed by atoms with Crippen molar-refractivity contribution in [2.75, 3.05) is 5.32 Å². The van der Waals surface area contributed by atoms with Crippen molar-refractivity contribution < 1.29 is 9.59 Å². The van der Waals surface area contributed by atoms with Crippen LogP contribution in [0.5, 0.6) is 0 Å². The number of hydrogen-bond donors (Lipinski definition) is 2. The van der Waals surface area contributed by atoms with Crippen molar-refractivity contribution in [1.82, 2.24) is 5.32 Å². The van der Waals surface area contributed by atoms with Gasteiger partial charge in [0.05, 0.1) is 0 Å². The van der Waals surface area contributed by atoms with Crippen LogP contribution in [0.25, 0.3) is 0 Å². The Labute approximate surface area is 138 Å². The maximum Gasteiger partial charge on any atom is 0.240 e. The van der Waals surface area contributed by atoms with Crippen molar-refractivity contribution >= 4 is 17.5 Å². The molecule has 0 bridgehead atoms. The second kappa shape index (κ2) is 6.34. The summed E-state index contributed by atoms with van der Waals surface area (Å²) in [5.41, 5.74) is 2.16. The summed E-state index contributed by atoms with van der Waals surface area (Å²) in [6, 6.07) is 6.18. The van der Waals surface area contributed by atoms with E-state index in [9.17, 15) is 9.59 Å². The average Bonchev–Trinajstić information content (AvgIpc) is 3.33. The molecule has 1 aromatic rings. The van der Waals surface area contributed by atoms with Gasteiger partial charge in [-0.2, -0.15) is 0 Å². The van der Waals surface area contributed by atoms with Crippen LogP contribution in [0.15, 0.2) is 18.2 Å². The van der Waals surface area contributed by atoms with Gasteiger partial charge >= 0.3 is 0 Å². The first-order valence-corrected chi connectivity index (χ1v) is 8.71. The number of carbonyl (C=O) groups is 2. The highest BCUT2D eigenvalue weighted by Crippen LogP contribution is 2.47. The maximum absolute atomic E-state index is 12.6. The Balaban J connectivity index is 1.64. The molecule has 0 atom stereocenters. The van der Waals surface area contributed by atoms with Gasteiger partial charge in [0.1, 0.15) is 5.41 Å². The van der Waals surface area contributed by atoms with E-state index in [1.807, 2.05) is 32.0 Å². The normalized spacial score (nSPS) is 19.9. The van der Waals surface area contributed by atoms with E-state index in [2.05, 4.69) is 10.6 Å². The van der Waals surface area contributed by atoms with E-state index in [1.165, 1.54) is 19.3 Å². The minimum atomic E-state index is -0.839. The van der Waals surface area contributed by atoms with Crippen molar-refractivity contribution in [1.29, 1.82) is 0 Å². The van der Waals surface area contributed by atoms with E-state index >= 15 is 0 Å². The second-order valence-electron chi connectivity index (χ2n) is 7.16. The van der Waals surface area contributed by atoms with Crippen molar-refractivity contribution in [2.24, 2.45) is 5.41 Å². The van der Waals surface area contributed by atoms with Crippen LogP contribution in [-0.4, -0.2) is 17.9 Å². The molecule has 4 heteroatoms. The molecule has 0 unspecified atom stereocenters. The fraction of sp³-hybridized carbons (Fsp3) is 0.579. The Hall–Kier alpha value is -1.84. The Morgan fingerprint density at radius 2 is 1.74 bits per heavy atom. The van der Waals surface area contributed by atoms with Gasteiger partial charge in [-0.25, -0.2) is 0 Å². The van der Waals surface area contributed by atoms with E-state index in [1.54, 1.807) is 0 Å². The predicted octanol–water partition coefficient (Wildman–Crippen LogP) is 3.47. The van der Waals surface area contributed by atoms with Crippen LogP contribution in [0, 0.1) is 19.3 Å². The molecular weight excluding hydrogens is 288 g/mol. The van der Waals surface area contributed by atoms with E-state index in [-0.39, 0.29) is 17.9 Å². The Bertz CT molecular complexity index is 614. The molecule has 2 aliphatic rings. The maximum atomic E-state index is 12.6. The summed E-state index contributed by atoms with van der Waals surface area (Å²) in [4.78, 5) is 25.2.